The number of carbonyl (C=O) groups excluding carboxylic acids is 3. The number of fused-ring (bicyclic) bond motifs is 6. The molecule has 0 radical (unpaired) electrons. The van der Waals surface area contributed by atoms with E-state index in [1.54, 1.807) is 7.11 Å². The Labute approximate surface area is 333 Å². The molecule has 302 valence electrons. The Balaban J connectivity index is 1.36. The number of ether oxygens (including phenoxy) is 4. The molecule has 6 heterocycles. The lowest BCUT2D eigenvalue weighted by Crippen LogP contribution is -2.78. The summed E-state index contributed by atoms with van der Waals surface area (Å²) >= 11 is 0. The molecule has 2 N–H and O–H groups in total. The second-order valence-corrected chi connectivity index (χ2v) is 17.1. The van der Waals surface area contributed by atoms with Gasteiger partial charge in [0.15, 0.2) is 6.10 Å². The van der Waals surface area contributed by atoms with E-state index in [0.29, 0.717) is 50.2 Å². The molecule has 4 unspecified atom stereocenters. The smallest absolute Gasteiger partial charge is 0.344 e. The van der Waals surface area contributed by atoms with Crippen LogP contribution in [0.25, 0.3) is 10.9 Å². The van der Waals surface area contributed by atoms with Gasteiger partial charge in [-0.2, -0.15) is 0 Å². The number of methoxy groups -OCH3 is 3. The summed E-state index contributed by atoms with van der Waals surface area (Å²) in [6.07, 6.45) is 5.94. The van der Waals surface area contributed by atoms with Crippen molar-refractivity contribution >= 4 is 34.5 Å². The maximum absolute atomic E-state index is 15.2. The van der Waals surface area contributed by atoms with Crippen LogP contribution in [0.2, 0.25) is 0 Å². The third-order valence-electron chi connectivity index (χ3n) is 14.6. The zero-order valence-electron chi connectivity index (χ0n) is 34.0. The van der Waals surface area contributed by atoms with Gasteiger partial charge in [-0.05, 0) is 61.4 Å². The number of aliphatic hydroxyl groups is 1. The molecule has 1 saturated heterocycles. The van der Waals surface area contributed by atoms with E-state index in [-0.39, 0.29) is 17.9 Å². The Morgan fingerprint density at radius 2 is 1.77 bits per heavy atom. The van der Waals surface area contributed by atoms with E-state index in [0.717, 1.165) is 58.5 Å². The van der Waals surface area contributed by atoms with Crippen molar-refractivity contribution in [2.75, 3.05) is 59.5 Å². The van der Waals surface area contributed by atoms with Gasteiger partial charge in [0, 0.05) is 91.4 Å². The van der Waals surface area contributed by atoms with Crippen molar-refractivity contribution in [3.05, 3.63) is 82.1 Å². The van der Waals surface area contributed by atoms with Crippen LogP contribution in [0.15, 0.2) is 59.7 Å². The fraction of sp³-hybridized carbons (Fsp3) is 0.533. The number of hydrogen-bond donors (Lipinski definition) is 2. The lowest BCUT2D eigenvalue weighted by Gasteiger charge is -2.59. The zero-order valence-corrected chi connectivity index (χ0v) is 34.0. The molecule has 12 nitrogen and oxygen atoms in total. The fourth-order valence-corrected chi connectivity index (χ4v) is 12.6. The largest absolute Gasteiger partial charge is 0.496 e. The third-order valence-corrected chi connectivity index (χ3v) is 14.6. The first-order valence-corrected chi connectivity index (χ1v) is 20.4. The number of rotatable bonds is 7. The maximum Gasteiger partial charge on any atom is 0.344 e. The number of H-pyrrole nitrogens is 1. The van der Waals surface area contributed by atoms with E-state index < -0.39 is 46.4 Å². The van der Waals surface area contributed by atoms with E-state index in [1.807, 2.05) is 30.1 Å². The van der Waals surface area contributed by atoms with Gasteiger partial charge in [-0.25, -0.2) is 4.79 Å². The number of nitrogens with zero attached hydrogens (tertiary/aromatic N) is 3. The lowest BCUT2D eigenvalue weighted by atomic mass is 9.52. The van der Waals surface area contributed by atoms with Gasteiger partial charge in [-0.15, -0.1) is 0 Å². The molecule has 9 rings (SSSR count). The molecule has 2 fully saturated rings. The van der Waals surface area contributed by atoms with Crippen LogP contribution in [0.5, 0.6) is 5.75 Å². The van der Waals surface area contributed by atoms with Crippen molar-refractivity contribution in [2.24, 2.45) is 11.8 Å². The summed E-state index contributed by atoms with van der Waals surface area (Å²) in [6, 6.07) is 11.2. The maximum atomic E-state index is 15.2. The quantitative estimate of drug-likeness (QED) is 0.196. The van der Waals surface area contributed by atoms with Crippen molar-refractivity contribution in [1.82, 2.24) is 14.8 Å². The van der Waals surface area contributed by atoms with Crippen molar-refractivity contribution in [3.8, 4) is 5.75 Å². The van der Waals surface area contributed by atoms with Gasteiger partial charge in [0.2, 0.25) is 5.60 Å². The molecule has 3 aromatic rings. The predicted octanol–water partition coefficient (Wildman–Crippen LogP) is 4.75. The highest BCUT2D eigenvalue weighted by Crippen LogP contribution is 2.65. The first-order valence-electron chi connectivity index (χ1n) is 20.4. The highest BCUT2D eigenvalue weighted by molar-refractivity contribution is 5.95. The molecule has 9 atom stereocenters. The van der Waals surface area contributed by atoms with E-state index in [2.05, 4.69) is 59.0 Å². The number of carbonyl (C=O) groups is 3. The number of nitrogens with one attached hydrogen (secondary N) is 1. The number of benzene rings is 2. The second-order valence-electron chi connectivity index (χ2n) is 17.1. The topological polar surface area (TPSA) is 134 Å². The summed E-state index contributed by atoms with van der Waals surface area (Å²) in [5, 5.41) is 14.3. The van der Waals surface area contributed by atoms with Crippen LogP contribution in [0.1, 0.15) is 68.8 Å². The van der Waals surface area contributed by atoms with Gasteiger partial charge in [-0.3, -0.25) is 19.4 Å². The number of para-hydroxylation sites is 1. The zero-order chi connectivity index (χ0) is 40.2. The van der Waals surface area contributed by atoms with Crippen LogP contribution in [-0.4, -0.2) is 116 Å². The van der Waals surface area contributed by atoms with E-state index in [9.17, 15) is 14.7 Å². The predicted molar refractivity (Wildman–Crippen MR) is 214 cm³/mol. The SMILES string of the molecule is CCC1=CC2CN(C1)Cc1c([nH]c3ccccc13)[C@@](C(=O)OC)(c1cc3c(cc1OC)N(C)[C@H]1C(O)(C(=O)OC)[C@H](OC(C)=O)C4C(CC)=CCN5CC[C@]31[C@H]45)C2. The van der Waals surface area contributed by atoms with E-state index in [1.165, 1.54) is 26.7 Å². The summed E-state index contributed by atoms with van der Waals surface area (Å²) in [7, 11) is 6.23. The van der Waals surface area contributed by atoms with Crippen LogP contribution in [0, 0.1) is 11.8 Å². The molecule has 1 spiro atoms. The Morgan fingerprint density at radius 1 is 1.00 bits per heavy atom. The molecule has 6 aliphatic rings. The Kier molecular flexibility index (Phi) is 8.95. The highest BCUT2D eigenvalue weighted by atomic mass is 16.6. The van der Waals surface area contributed by atoms with Crippen molar-refractivity contribution in [1.29, 1.82) is 0 Å². The summed E-state index contributed by atoms with van der Waals surface area (Å²) in [5.74, 6) is -1.78. The number of hydrogen-bond acceptors (Lipinski definition) is 11. The van der Waals surface area contributed by atoms with Gasteiger partial charge in [0.05, 0.1) is 27.4 Å². The Bertz CT molecular complexity index is 2250. The Hall–Kier alpha value is -4.65. The van der Waals surface area contributed by atoms with Gasteiger partial charge < -0.3 is 33.9 Å². The lowest BCUT2D eigenvalue weighted by molar-refractivity contribution is -0.212. The van der Waals surface area contributed by atoms with Gasteiger partial charge >= 0.3 is 17.9 Å². The minimum Gasteiger partial charge on any atom is -0.496 e. The minimum atomic E-state index is -2.25. The Morgan fingerprint density at radius 3 is 2.47 bits per heavy atom. The number of anilines is 1. The van der Waals surface area contributed by atoms with Gasteiger partial charge in [0.25, 0.3) is 0 Å². The molecule has 2 bridgehead atoms. The monoisotopic (exact) mass is 778 g/mol. The van der Waals surface area contributed by atoms with Crippen molar-refractivity contribution < 1.29 is 38.4 Å². The molecule has 1 aromatic heterocycles. The molecule has 5 aliphatic heterocycles. The first kappa shape index (κ1) is 37.9. The average Bonchev–Trinajstić information content (AvgIpc) is 3.86. The highest BCUT2D eigenvalue weighted by Gasteiger charge is 2.77. The van der Waals surface area contributed by atoms with Crippen LogP contribution in [0.3, 0.4) is 0 Å². The fourth-order valence-electron chi connectivity index (χ4n) is 12.6. The van der Waals surface area contributed by atoms with E-state index in [4.69, 9.17) is 18.9 Å². The molecule has 1 saturated carbocycles. The van der Waals surface area contributed by atoms with Gasteiger partial charge in [-0.1, -0.05) is 55.3 Å². The standard InChI is InChI=1S/C45H54N4O8/c1-8-26-18-27-21-44(41(51)55-6,37-30(24-48(22-26)23-27)29-12-10-11-13-33(29)46-37)32-19-31-34(20-35(32)54-5)47(4)40-43(31)15-17-49-16-14-28(9-2)36(38(43)49)39(57-25(3)50)45(40,53)42(52)56-7/h10-14,18-20,27,36,38-40,46,53H,8-9,15-17,21-24H2,1-7H3/t27?,36?,38-,39+,40+,43+,44-,45?/m0/s1. The number of likely N-dealkylation sites (N-methyl/N-ethyl adjacent to an activating group) is 1. The molecular formula is C45H54N4O8. The van der Waals surface area contributed by atoms with E-state index >= 15 is 4.79 Å². The summed E-state index contributed by atoms with van der Waals surface area (Å²) in [4.78, 5) is 53.0. The molecular weight excluding hydrogens is 725 g/mol. The molecule has 2 aromatic carbocycles. The summed E-state index contributed by atoms with van der Waals surface area (Å²) in [6.45, 7) is 9.28. The third kappa shape index (κ3) is 4.99. The molecule has 57 heavy (non-hydrogen) atoms. The van der Waals surface area contributed by atoms with Crippen LogP contribution in [-0.2, 0) is 46.0 Å². The van der Waals surface area contributed by atoms with Crippen LogP contribution >= 0.6 is 0 Å². The number of aromatic amines is 1. The number of esters is 3. The minimum absolute atomic E-state index is 0.0319. The van der Waals surface area contributed by atoms with Crippen molar-refractivity contribution in [3.63, 3.8) is 0 Å². The normalized spacial score (nSPS) is 33.8. The summed E-state index contributed by atoms with van der Waals surface area (Å²) < 4.78 is 23.8. The van der Waals surface area contributed by atoms with Gasteiger partial charge in [0.1, 0.15) is 11.2 Å². The first-order chi connectivity index (χ1) is 27.4. The van der Waals surface area contributed by atoms with Crippen LogP contribution < -0.4 is 9.64 Å². The number of aromatic nitrogens is 1. The average molecular weight is 779 g/mol. The molecule has 12 heteroatoms. The van der Waals surface area contributed by atoms with Crippen LogP contribution in [0.4, 0.5) is 5.69 Å². The summed E-state index contributed by atoms with van der Waals surface area (Å²) in [5.41, 5.74) is 3.13. The van der Waals surface area contributed by atoms with Crippen molar-refractivity contribution in [2.45, 2.75) is 87.6 Å². The molecule has 0 amide bonds. The second kappa shape index (κ2) is 13.5. The molecule has 1 aliphatic carbocycles.